The Morgan fingerprint density at radius 1 is 1.53 bits per heavy atom. The van der Waals surface area contributed by atoms with Gasteiger partial charge in [-0.25, -0.2) is 4.79 Å². The van der Waals surface area contributed by atoms with E-state index >= 15 is 0 Å². The van der Waals surface area contributed by atoms with Gasteiger partial charge in [0.1, 0.15) is 0 Å². The Kier molecular flexibility index (Phi) is 5.15. The monoisotopic (exact) mass is 242 g/mol. The Morgan fingerprint density at radius 3 is 2.82 bits per heavy atom. The van der Waals surface area contributed by atoms with Crippen molar-refractivity contribution in [3.05, 3.63) is 12.2 Å². The first-order chi connectivity index (χ1) is 7.99. The zero-order valence-electron chi connectivity index (χ0n) is 10.7. The molecule has 1 fully saturated rings. The van der Waals surface area contributed by atoms with Crippen LogP contribution in [0.5, 0.6) is 0 Å². The summed E-state index contributed by atoms with van der Waals surface area (Å²) in [4.78, 5) is 11.5. The third-order valence-corrected chi connectivity index (χ3v) is 2.91. The molecule has 0 aromatic rings. The van der Waals surface area contributed by atoms with E-state index in [1.807, 2.05) is 6.92 Å². The maximum atomic E-state index is 11.5. The quantitative estimate of drug-likeness (QED) is 0.456. The molecule has 4 nitrogen and oxygen atoms in total. The first-order valence-corrected chi connectivity index (χ1v) is 6.22. The molecule has 0 aromatic heterocycles. The lowest BCUT2D eigenvalue weighted by atomic mass is 9.91. The Labute approximate surface area is 103 Å². The van der Waals surface area contributed by atoms with Crippen LogP contribution in [0, 0.1) is 0 Å². The second-order valence-corrected chi connectivity index (χ2v) is 4.61. The van der Waals surface area contributed by atoms with Crippen molar-refractivity contribution in [1.82, 2.24) is 0 Å². The van der Waals surface area contributed by atoms with E-state index in [0.717, 1.165) is 19.3 Å². The number of carbonyl (C=O) groups is 1. The van der Waals surface area contributed by atoms with Crippen molar-refractivity contribution in [3.8, 4) is 0 Å². The van der Waals surface area contributed by atoms with Crippen molar-refractivity contribution < 1.29 is 19.4 Å². The maximum Gasteiger partial charge on any atom is 0.333 e. The van der Waals surface area contributed by atoms with Gasteiger partial charge in [-0.3, -0.25) is 0 Å². The van der Waals surface area contributed by atoms with E-state index in [-0.39, 0.29) is 0 Å². The van der Waals surface area contributed by atoms with Gasteiger partial charge >= 0.3 is 5.97 Å². The summed E-state index contributed by atoms with van der Waals surface area (Å²) in [6.45, 7) is 7.57. The molecule has 17 heavy (non-hydrogen) atoms. The zero-order valence-corrected chi connectivity index (χ0v) is 10.7. The number of carbonyl (C=O) groups excluding carboxylic acids is 1. The van der Waals surface area contributed by atoms with E-state index in [2.05, 4.69) is 6.58 Å². The van der Waals surface area contributed by atoms with Crippen molar-refractivity contribution in [1.29, 1.82) is 0 Å². The molecule has 2 unspecified atom stereocenters. The molecular weight excluding hydrogens is 220 g/mol. The first-order valence-electron chi connectivity index (χ1n) is 6.22. The lowest BCUT2D eigenvalue weighted by molar-refractivity contribution is -0.274. The van der Waals surface area contributed by atoms with E-state index in [1.165, 1.54) is 0 Å². The van der Waals surface area contributed by atoms with E-state index in [1.54, 1.807) is 6.92 Å². The van der Waals surface area contributed by atoms with Crippen LogP contribution in [-0.2, 0) is 14.3 Å². The summed E-state index contributed by atoms with van der Waals surface area (Å²) in [7, 11) is 0. The van der Waals surface area contributed by atoms with Crippen molar-refractivity contribution in [2.24, 2.45) is 0 Å². The third-order valence-electron chi connectivity index (χ3n) is 2.91. The van der Waals surface area contributed by atoms with Gasteiger partial charge in [0.15, 0.2) is 6.10 Å². The molecule has 1 aliphatic rings. The van der Waals surface area contributed by atoms with Crippen LogP contribution in [0.4, 0.5) is 0 Å². The van der Waals surface area contributed by atoms with Gasteiger partial charge in [-0.1, -0.05) is 13.5 Å². The third kappa shape index (κ3) is 3.82. The van der Waals surface area contributed by atoms with Crippen LogP contribution < -0.4 is 0 Å². The predicted molar refractivity (Wildman–Crippen MR) is 64.4 cm³/mol. The summed E-state index contributed by atoms with van der Waals surface area (Å²) < 4.78 is 10.7. The number of aliphatic hydroxyl groups is 1. The molecule has 0 amide bonds. The minimum atomic E-state index is -1.32. The first kappa shape index (κ1) is 14.2. The predicted octanol–water partition coefficient (Wildman–Crippen LogP) is 2.16. The smallest absolute Gasteiger partial charge is 0.333 e. The maximum absolute atomic E-state index is 11.5. The fraction of sp³-hybridized carbons (Fsp3) is 0.769. The Bertz CT molecular complexity index is 287. The molecule has 0 bridgehead atoms. The number of ether oxygens (including phenoxy) is 2. The largest absolute Gasteiger partial charge is 0.453 e. The summed E-state index contributed by atoms with van der Waals surface area (Å²) in [5.74, 6) is -1.78. The highest BCUT2D eigenvalue weighted by Gasteiger charge is 2.42. The van der Waals surface area contributed by atoms with Crippen molar-refractivity contribution in [3.63, 3.8) is 0 Å². The molecule has 4 heteroatoms. The van der Waals surface area contributed by atoms with Crippen molar-refractivity contribution in [2.75, 3.05) is 6.61 Å². The van der Waals surface area contributed by atoms with Crippen LogP contribution in [0.25, 0.3) is 0 Å². The summed E-state index contributed by atoms with van der Waals surface area (Å²) in [5.41, 5.74) is 0.341. The molecule has 0 saturated heterocycles. The summed E-state index contributed by atoms with van der Waals surface area (Å²) in [6, 6.07) is 0. The average molecular weight is 242 g/mol. The summed E-state index contributed by atoms with van der Waals surface area (Å²) in [6.07, 6.45) is 3.23. The lowest BCUT2D eigenvalue weighted by Crippen LogP contribution is -2.49. The summed E-state index contributed by atoms with van der Waals surface area (Å²) >= 11 is 0. The molecule has 0 aromatic carbocycles. The molecule has 98 valence electrons. The molecule has 1 saturated carbocycles. The van der Waals surface area contributed by atoms with Crippen LogP contribution in [0.1, 0.15) is 46.0 Å². The van der Waals surface area contributed by atoms with E-state index in [4.69, 9.17) is 9.47 Å². The Hall–Kier alpha value is -0.870. The van der Waals surface area contributed by atoms with Gasteiger partial charge in [0.05, 0.1) is 0 Å². The highest BCUT2D eigenvalue weighted by molar-refractivity contribution is 5.87. The van der Waals surface area contributed by atoms with Gasteiger partial charge in [0.25, 0.3) is 0 Å². The van der Waals surface area contributed by atoms with Crippen LogP contribution in [0.2, 0.25) is 0 Å². The second kappa shape index (κ2) is 6.17. The van der Waals surface area contributed by atoms with E-state index in [0.29, 0.717) is 25.0 Å². The van der Waals surface area contributed by atoms with Crippen molar-refractivity contribution in [2.45, 2.75) is 57.8 Å². The highest BCUT2D eigenvalue weighted by atomic mass is 16.7. The van der Waals surface area contributed by atoms with Crippen LogP contribution >= 0.6 is 0 Å². The van der Waals surface area contributed by atoms with Gasteiger partial charge in [0.2, 0.25) is 5.79 Å². The second-order valence-electron chi connectivity index (χ2n) is 4.61. The molecular formula is C13H22O4. The minimum absolute atomic E-state index is 0.341. The number of hydrogen-bond donors (Lipinski definition) is 1. The average Bonchev–Trinajstić information content (AvgIpc) is 2.29. The van der Waals surface area contributed by atoms with Crippen LogP contribution in [0.15, 0.2) is 12.2 Å². The number of esters is 1. The molecule has 2 atom stereocenters. The molecule has 1 aliphatic carbocycles. The molecule has 0 radical (unpaired) electrons. The van der Waals surface area contributed by atoms with Gasteiger partial charge < -0.3 is 14.6 Å². The van der Waals surface area contributed by atoms with Crippen LogP contribution in [0.3, 0.4) is 0 Å². The SMILES string of the molecule is C=C(C)C(=O)OC1CCCCC1(O)OCCC. The van der Waals surface area contributed by atoms with Gasteiger partial charge in [-0.05, 0) is 32.6 Å². The van der Waals surface area contributed by atoms with E-state index < -0.39 is 17.9 Å². The molecule has 0 heterocycles. The molecule has 0 spiro atoms. The summed E-state index contributed by atoms with van der Waals surface area (Å²) in [5, 5.41) is 10.4. The number of rotatable bonds is 5. The molecule has 0 aliphatic heterocycles. The van der Waals surface area contributed by atoms with Gasteiger partial charge in [-0.15, -0.1) is 0 Å². The lowest BCUT2D eigenvalue weighted by Gasteiger charge is -2.38. The minimum Gasteiger partial charge on any atom is -0.453 e. The van der Waals surface area contributed by atoms with E-state index in [9.17, 15) is 9.90 Å². The Balaban J connectivity index is 2.64. The highest BCUT2D eigenvalue weighted by Crippen LogP contribution is 2.32. The fourth-order valence-electron chi connectivity index (χ4n) is 1.92. The fourth-order valence-corrected chi connectivity index (χ4v) is 1.92. The standard InChI is InChI=1S/C13H22O4/c1-4-9-16-13(15)8-6-5-7-11(13)17-12(14)10(2)3/h11,15H,2,4-9H2,1,3H3. The van der Waals surface area contributed by atoms with Crippen LogP contribution in [-0.4, -0.2) is 29.6 Å². The molecule has 1 N–H and O–H groups in total. The normalized spacial score (nSPS) is 28.8. The van der Waals surface area contributed by atoms with Gasteiger partial charge in [0, 0.05) is 18.6 Å². The Morgan fingerprint density at radius 2 is 2.24 bits per heavy atom. The topological polar surface area (TPSA) is 55.8 Å². The van der Waals surface area contributed by atoms with Gasteiger partial charge in [-0.2, -0.15) is 0 Å². The zero-order chi connectivity index (χ0) is 12.9. The molecule has 1 rings (SSSR count). The number of hydrogen-bond acceptors (Lipinski definition) is 4. The van der Waals surface area contributed by atoms with Crippen molar-refractivity contribution >= 4 is 5.97 Å².